The fourth-order valence-electron chi connectivity index (χ4n) is 5.13. The summed E-state index contributed by atoms with van der Waals surface area (Å²) in [5, 5.41) is 0. The van der Waals surface area contributed by atoms with E-state index < -0.39 is 11.7 Å². The normalized spacial score (nSPS) is 21.9. The monoisotopic (exact) mass is 493 g/mol. The summed E-state index contributed by atoms with van der Waals surface area (Å²) in [5.41, 5.74) is 1.03. The molecule has 0 bridgehead atoms. The molecule has 2 saturated heterocycles. The van der Waals surface area contributed by atoms with Crippen LogP contribution in [0, 0.1) is 5.82 Å². The number of carbonyl (C=O) groups excluding carboxylic acids is 1. The Kier molecular flexibility index (Phi) is 6.61. The van der Waals surface area contributed by atoms with Crippen LogP contribution in [-0.2, 0) is 17.4 Å². The number of alkyl halides is 3. The Labute approximate surface area is 200 Å². The van der Waals surface area contributed by atoms with E-state index in [4.69, 9.17) is 0 Å². The topological polar surface area (TPSA) is 26.8 Å². The van der Waals surface area contributed by atoms with Crippen LogP contribution >= 0.6 is 11.8 Å². The molecule has 3 heterocycles. The molecule has 5 rings (SSSR count). The molecule has 3 aliphatic rings. The van der Waals surface area contributed by atoms with Crippen molar-refractivity contribution in [2.45, 2.75) is 41.3 Å². The molecule has 1 unspecified atom stereocenters. The molecule has 2 aromatic carbocycles. The van der Waals surface area contributed by atoms with Crippen molar-refractivity contribution in [1.82, 2.24) is 14.7 Å². The Morgan fingerprint density at radius 3 is 2.44 bits per heavy atom. The molecule has 34 heavy (non-hydrogen) atoms. The summed E-state index contributed by atoms with van der Waals surface area (Å²) < 4.78 is 54.1. The molecule has 4 nitrogen and oxygen atoms in total. The van der Waals surface area contributed by atoms with E-state index in [0.29, 0.717) is 17.7 Å². The maximum Gasteiger partial charge on any atom is 0.416 e. The molecule has 0 aliphatic carbocycles. The second-order valence-electron chi connectivity index (χ2n) is 9.19. The number of amides is 1. The number of hydrogen-bond acceptors (Lipinski definition) is 4. The third kappa shape index (κ3) is 4.97. The molecule has 1 amide bonds. The Balaban J connectivity index is 1.33. The summed E-state index contributed by atoms with van der Waals surface area (Å²) in [7, 11) is 0. The lowest BCUT2D eigenvalue weighted by molar-refractivity contribution is -0.137. The average molecular weight is 494 g/mol. The number of likely N-dealkylation sites (tertiary alicyclic amines) is 1. The highest BCUT2D eigenvalue weighted by molar-refractivity contribution is 7.99. The van der Waals surface area contributed by atoms with Crippen molar-refractivity contribution >= 4 is 17.7 Å². The number of nitrogens with zero attached hydrogens (tertiary/aromatic N) is 3. The smallest absolute Gasteiger partial charge is 0.341 e. The zero-order valence-corrected chi connectivity index (χ0v) is 19.6. The highest BCUT2D eigenvalue weighted by Crippen LogP contribution is 2.45. The number of rotatable bonds is 4. The molecule has 0 spiro atoms. The van der Waals surface area contributed by atoms with E-state index in [9.17, 15) is 22.4 Å². The number of fused-ring (bicyclic) bond motifs is 2. The van der Waals surface area contributed by atoms with E-state index >= 15 is 0 Å². The molecule has 1 atom stereocenters. The number of piperazine rings is 1. The van der Waals surface area contributed by atoms with Gasteiger partial charge < -0.3 is 4.90 Å². The maximum absolute atomic E-state index is 14.2. The summed E-state index contributed by atoms with van der Waals surface area (Å²) in [6, 6.07) is 8.43. The van der Waals surface area contributed by atoms with Gasteiger partial charge in [-0.25, -0.2) is 4.39 Å². The van der Waals surface area contributed by atoms with Crippen LogP contribution < -0.4 is 0 Å². The fraction of sp³-hybridized carbons (Fsp3) is 0.480. The lowest BCUT2D eigenvalue weighted by Gasteiger charge is -2.40. The Morgan fingerprint density at radius 2 is 1.74 bits per heavy atom. The molecular formula is C25H27F4N3OS. The van der Waals surface area contributed by atoms with Gasteiger partial charge in [-0.15, -0.1) is 0 Å². The van der Waals surface area contributed by atoms with Gasteiger partial charge in [-0.2, -0.15) is 13.2 Å². The SMILES string of the molecule is O=C1CCCN1CCN1CCN(C2Cc3ccc(C(F)(F)F)cc3Sc3ccc(F)cc32)CC1. The third-order valence-corrected chi connectivity index (χ3v) is 8.26. The molecule has 0 aromatic heterocycles. The minimum absolute atomic E-state index is 0.0986. The van der Waals surface area contributed by atoms with Crippen LogP contribution in [0.4, 0.5) is 17.6 Å². The van der Waals surface area contributed by atoms with Crippen LogP contribution in [0.5, 0.6) is 0 Å². The molecule has 2 fully saturated rings. The van der Waals surface area contributed by atoms with Gasteiger partial charge >= 0.3 is 6.18 Å². The van der Waals surface area contributed by atoms with Crippen molar-refractivity contribution < 1.29 is 22.4 Å². The second kappa shape index (κ2) is 9.51. The van der Waals surface area contributed by atoms with Crippen molar-refractivity contribution in [1.29, 1.82) is 0 Å². The van der Waals surface area contributed by atoms with Crippen LogP contribution in [0.2, 0.25) is 0 Å². The van der Waals surface area contributed by atoms with Gasteiger partial charge in [0.2, 0.25) is 5.91 Å². The molecule has 0 radical (unpaired) electrons. The number of hydrogen-bond donors (Lipinski definition) is 0. The number of halogens is 4. The van der Waals surface area contributed by atoms with E-state index in [0.717, 1.165) is 74.3 Å². The van der Waals surface area contributed by atoms with Gasteiger partial charge in [0.05, 0.1) is 5.56 Å². The Bertz CT molecular complexity index is 1070. The highest BCUT2D eigenvalue weighted by Gasteiger charge is 2.34. The minimum Gasteiger partial charge on any atom is -0.341 e. The first-order chi connectivity index (χ1) is 16.3. The van der Waals surface area contributed by atoms with E-state index in [2.05, 4.69) is 9.80 Å². The van der Waals surface area contributed by atoms with Crippen LogP contribution in [-0.4, -0.2) is 66.4 Å². The van der Waals surface area contributed by atoms with Crippen LogP contribution in [0.3, 0.4) is 0 Å². The van der Waals surface area contributed by atoms with Crippen molar-refractivity contribution in [2.24, 2.45) is 0 Å². The molecule has 0 N–H and O–H groups in total. The quantitative estimate of drug-likeness (QED) is 0.570. The highest BCUT2D eigenvalue weighted by atomic mass is 32.2. The first-order valence-corrected chi connectivity index (χ1v) is 12.5. The van der Waals surface area contributed by atoms with Crippen LogP contribution in [0.15, 0.2) is 46.2 Å². The van der Waals surface area contributed by atoms with Gasteiger partial charge in [0.25, 0.3) is 0 Å². The molecule has 182 valence electrons. The average Bonchev–Trinajstić information content (AvgIpc) is 3.14. The predicted molar refractivity (Wildman–Crippen MR) is 122 cm³/mol. The summed E-state index contributed by atoms with van der Waals surface area (Å²) in [5.74, 6) is -0.0965. The van der Waals surface area contributed by atoms with Crippen LogP contribution in [0.25, 0.3) is 0 Å². The largest absolute Gasteiger partial charge is 0.416 e. The zero-order chi connectivity index (χ0) is 23.9. The standard InChI is InChI=1S/C25H27F4N3OS/c26-19-5-6-22-20(16-19)21(14-17-3-4-18(25(27,28)29)15-23(17)34-22)31-11-8-30(9-12-31)10-13-32-7-1-2-24(32)33/h3-6,15-16,21H,1-2,7-14H2. The minimum atomic E-state index is -4.40. The van der Waals surface area contributed by atoms with Crippen molar-refractivity contribution in [3.63, 3.8) is 0 Å². The first-order valence-electron chi connectivity index (χ1n) is 11.7. The van der Waals surface area contributed by atoms with E-state index in [-0.39, 0.29) is 17.8 Å². The zero-order valence-electron chi connectivity index (χ0n) is 18.8. The fourth-order valence-corrected chi connectivity index (χ4v) is 6.29. The van der Waals surface area contributed by atoms with Gasteiger partial charge in [0.1, 0.15) is 5.82 Å². The van der Waals surface area contributed by atoms with E-state index in [1.54, 1.807) is 12.1 Å². The van der Waals surface area contributed by atoms with Crippen molar-refractivity contribution in [2.75, 3.05) is 45.8 Å². The lowest BCUT2D eigenvalue weighted by atomic mass is 9.96. The summed E-state index contributed by atoms with van der Waals surface area (Å²) >= 11 is 1.29. The van der Waals surface area contributed by atoms with E-state index in [1.165, 1.54) is 30.0 Å². The number of benzene rings is 2. The summed E-state index contributed by atoms with van der Waals surface area (Å²) in [6.07, 6.45) is -2.27. The molecule has 9 heteroatoms. The van der Waals surface area contributed by atoms with Gasteiger partial charge in [0.15, 0.2) is 0 Å². The molecule has 3 aliphatic heterocycles. The Hall–Kier alpha value is -2.10. The Morgan fingerprint density at radius 1 is 0.941 bits per heavy atom. The maximum atomic E-state index is 14.2. The lowest BCUT2D eigenvalue weighted by Crippen LogP contribution is -2.49. The van der Waals surface area contributed by atoms with Crippen LogP contribution in [0.1, 0.15) is 35.6 Å². The van der Waals surface area contributed by atoms with Gasteiger partial charge in [-0.05, 0) is 54.3 Å². The van der Waals surface area contributed by atoms with Gasteiger partial charge in [-0.3, -0.25) is 14.6 Å². The summed E-state index contributed by atoms with van der Waals surface area (Å²) in [4.78, 5) is 19.9. The molecule has 0 saturated carbocycles. The molecule has 2 aromatic rings. The summed E-state index contributed by atoms with van der Waals surface area (Å²) in [6.45, 7) is 5.70. The van der Waals surface area contributed by atoms with E-state index in [1.807, 2.05) is 4.90 Å². The van der Waals surface area contributed by atoms with Crippen molar-refractivity contribution in [3.05, 3.63) is 58.9 Å². The molecular weight excluding hydrogens is 466 g/mol. The van der Waals surface area contributed by atoms with Crippen molar-refractivity contribution in [3.8, 4) is 0 Å². The third-order valence-electron chi connectivity index (χ3n) is 7.06. The predicted octanol–water partition coefficient (Wildman–Crippen LogP) is 4.83. The number of carbonyl (C=O) groups is 1. The van der Waals surface area contributed by atoms with Gasteiger partial charge in [-0.1, -0.05) is 17.8 Å². The second-order valence-corrected chi connectivity index (χ2v) is 10.3. The first kappa shape index (κ1) is 23.6. The van der Waals surface area contributed by atoms with Gasteiger partial charge in [0, 0.05) is 68.1 Å².